The summed E-state index contributed by atoms with van der Waals surface area (Å²) in [6.07, 6.45) is -3.73. The number of benzene rings is 1. The van der Waals surface area contributed by atoms with Crippen molar-refractivity contribution in [3.8, 4) is 5.75 Å². The monoisotopic (exact) mass is 461 g/mol. The van der Waals surface area contributed by atoms with Crippen LogP contribution in [0.25, 0.3) is 16.6 Å². The Bertz CT molecular complexity index is 1320. The molecule has 0 fully saturated rings. The van der Waals surface area contributed by atoms with E-state index in [0.717, 1.165) is 28.4 Å². The first kappa shape index (κ1) is 19.9. The number of fused-ring (bicyclic) bond motifs is 2. The van der Waals surface area contributed by atoms with Crippen LogP contribution in [0, 0.1) is 0 Å². The molecule has 0 amide bonds. The van der Waals surface area contributed by atoms with Crippen molar-refractivity contribution in [1.29, 1.82) is 0 Å². The molecule has 0 radical (unpaired) electrons. The van der Waals surface area contributed by atoms with Crippen LogP contribution in [-0.4, -0.2) is 19.7 Å². The molecule has 0 aliphatic heterocycles. The molecule has 0 saturated heterocycles. The summed E-state index contributed by atoms with van der Waals surface area (Å²) in [5.74, 6) is -0.0948. The van der Waals surface area contributed by atoms with Gasteiger partial charge in [0.05, 0.1) is 15.6 Å². The van der Waals surface area contributed by atoms with E-state index in [9.17, 15) is 23.1 Å². The molecule has 0 bridgehead atoms. The van der Waals surface area contributed by atoms with E-state index in [1.165, 1.54) is 18.2 Å². The maximum absolute atomic E-state index is 13.1. The van der Waals surface area contributed by atoms with E-state index in [4.69, 9.17) is 27.6 Å². The summed E-state index contributed by atoms with van der Waals surface area (Å²) in [6.45, 7) is 0. The number of phenolic OH excluding ortho intramolecular Hbond substituents is 1. The molecule has 12 heteroatoms. The zero-order valence-electron chi connectivity index (χ0n) is 14.0. The average Bonchev–Trinajstić information content (AvgIpc) is 3.04. The van der Waals surface area contributed by atoms with Gasteiger partial charge < -0.3 is 9.52 Å². The fraction of sp³-hybridized carbons (Fsp3) is 0.118. The number of phenols is 1. The number of hydrogen-bond acceptors (Lipinski definition) is 6. The highest BCUT2D eigenvalue weighted by molar-refractivity contribution is 7.98. The molecule has 6 nitrogen and oxygen atoms in total. The van der Waals surface area contributed by atoms with Gasteiger partial charge in [0.25, 0.3) is 0 Å². The molecule has 0 atom stereocenters. The number of pyridine rings is 1. The SMILES string of the molecule is O=c1cc(CSc2nnc3c(Cl)cc(C(F)(F)F)cn23)c2cc(Cl)c(O)cc2o1. The summed E-state index contributed by atoms with van der Waals surface area (Å²) in [5, 5.41) is 17.9. The van der Waals surface area contributed by atoms with Gasteiger partial charge in [-0.1, -0.05) is 35.0 Å². The van der Waals surface area contributed by atoms with Gasteiger partial charge in [-0.05, 0) is 17.7 Å². The maximum Gasteiger partial charge on any atom is 0.417 e. The Labute approximate surface area is 173 Å². The number of alkyl halides is 3. The van der Waals surface area contributed by atoms with E-state index >= 15 is 0 Å². The number of aromatic hydroxyl groups is 1. The number of thioether (sulfide) groups is 1. The second kappa shape index (κ2) is 7.12. The molecule has 0 aliphatic rings. The highest BCUT2D eigenvalue weighted by Crippen LogP contribution is 2.35. The second-order valence-corrected chi connectivity index (χ2v) is 7.69. The summed E-state index contributed by atoms with van der Waals surface area (Å²) in [4.78, 5) is 11.8. The van der Waals surface area contributed by atoms with E-state index in [-0.39, 0.29) is 37.9 Å². The first-order chi connectivity index (χ1) is 13.6. The number of aromatic nitrogens is 3. The molecule has 0 saturated carbocycles. The van der Waals surface area contributed by atoms with E-state index in [0.29, 0.717) is 10.9 Å². The van der Waals surface area contributed by atoms with Crippen molar-refractivity contribution in [1.82, 2.24) is 14.6 Å². The largest absolute Gasteiger partial charge is 0.506 e. The lowest BCUT2D eigenvalue weighted by molar-refractivity contribution is -0.137. The summed E-state index contributed by atoms with van der Waals surface area (Å²) >= 11 is 12.9. The third-order valence-electron chi connectivity index (χ3n) is 4.01. The molecule has 3 aromatic heterocycles. The Kier molecular flexibility index (Phi) is 4.88. The molecule has 0 unspecified atom stereocenters. The minimum absolute atomic E-state index is 0.0622. The van der Waals surface area contributed by atoms with E-state index in [1.807, 2.05) is 0 Å². The molecule has 1 aromatic carbocycles. The van der Waals surface area contributed by atoms with Gasteiger partial charge in [-0.15, -0.1) is 10.2 Å². The van der Waals surface area contributed by atoms with Gasteiger partial charge in [-0.3, -0.25) is 4.40 Å². The zero-order chi connectivity index (χ0) is 20.9. The lowest BCUT2D eigenvalue weighted by Gasteiger charge is -2.09. The normalized spacial score (nSPS) is 12.2. The summed E-state index contributed by atoms with van der Waals surface area (Å²) < 4.78 is 45.4. The first-order valence-corrected chi connectivity index (χ1v) is 9.57. The third-order valence-corrected chi connectivity index (χ3v) is 5.58. The molecular formula is C17H8Cl2F3N3O3S. The molecule has 4 aromatic rings. The molecule has 4 rings (SSSR count). The van der Waals surface area contributed by atoms with Crippen LogP contribution in [-0.2, 0) is 11.9 Å². The fourth-order valence-corrected chi connectivity index (χ4v) is 4.00. The Hall–Kier alpha value is -2.43. The van der Waals surface area contributed by atoms with Gasteiger partial charge in [0.15, 0.2) is 10.8 Å². The number of halogens is 5. The van der Waals surface area contributed by atoms with Crippen LogP contribution in [0.3, 0.4) is 0 Å². The average molecular weight is 462 g/mol. The van der Waals surface area contributed by atoms with Crippen LogP contribution in [0.1, 0.15) is 11.1 Å². The summed E-state index contributed by atoms with van der Waals surface area (Å²) in [7, 11) is 0. The maximum atomic E-state index is 13.1. The van der Waals surface area contributed by atoms with Gasteiger partial charge in [0, 0.05) is 29.5 Å². The summed E-state index contributed by atoms with van der Waals surface area (Å²) in [6, 6.07) is 4.67. The molecular weight excluding hydrogens is 454 g/mol. The van der Waals surface area contributed by atoms with Crippen LogP contribution in [0.15, 0.2) is 44.8 Å². The van der Waals surface area contributed by atoms with Crippen molar-refractivity contribution in [3.05, 3.63) is 62.1 Å². The van der Waals surface area contributed by atoms with Gasteiger partial charge in [0.2, 0.25) is 0 Å². The molecule has 0 spiro atoms. The van der Waals surface area contributed by atoms with Gasteiger partial charge in [-0.2, -0.15) is 13.2 Å². The van der Waals surface area contributed by atoms with Crippen molar-refractivity contribution in [2.24, 2.45) is 0 Å². The highest BCUT2D eigenvalue weighted by atomic mass is 35.5. The van der Waals surface area contributed by atoms with Crippen LogP contribution in [0.5, 0.6) is 5.75 Å². The molecule has 3 heterocycles. The van der Waals surface area contributed by atoms with E-state index in [1.54, 1.807) is 0 Å². The Morgan fingerprint density at radius 1 is 1.14 bits per heavy atom. The van der Waals surface area contributed by atoms with Gasteiger partial charge in [-0.25, -0.2) is 4.79 Å². The van der Waals surface area contributed by atoms with Gasteiger partial charge in [0.1, 0.15) is 11.3 Å². The minimum Gasteiger partial charge on any atom is -0.506 e. The first-order valence-electron chi connectivity index (χ1n) is 7.83. The molecule has 0 aliphatic carbocycles. The van der Waals surface area contributed by atoms with Crippen molar-refractivity contribution >= 4 is 51.6 Å². The zero-order valence-corrected chi connectivity index (χ0v) is 16.3. The summed E-state index contributed by atoms with van der Waals surface area (Å²) in [5.41, 5.74) is -0.887. The topological polar surface area (TPSA) is 80.6 Å². The Morgan fingerprint density at radius 2 is 1.90 bits per heavy atom. The number of nitrogens with zero attached hydrogens (tertiary/aromatic N) is 3. The van der Waals surface area contributed by atoms with E-state index in [2.05, 4.69) is 10.2 Å². The lowest BCUT2D eigenvalue weighted by atomic mass is 10.1. The second-order valence-electron chi connectivity index (χ2n) is 5.93. The molecule has 29 heavy (non-hydrogen) atoms. The fourth-order valence-electron chi connectivity index (χ4n) is 2.68. The predicted octanol–water partition coefficient (Wildman–Crippen LogP) is 5.16. The Balaban J connectivity index is 1.75. The minimum atomic E-state index is -4.59. The molecule has 1 N–H and O–H groups in total. The standard InChI is InChI=1S/C17H8Cl2F3N3O3S/c18-10-3-9-7(1-14(27)28-13(9)4-12(10)26)6-29-16-24-23-15-11(19)2-8(5-25(15)16)17(20,21)22/h1-5,26H,6H2. The quantitative estimate of drug-likeness (QED) is 0.335. The number of hydrogen-bond donors (Lipinski definition) is 1. The van der Waals surface area contributed by atoms with Crippen molar-refractivity contribution in [2.75, 3.05) is 0 Å². The van der Waals surface area contributed by atoms with E-state index < -0.39 is 17.4 Å². The Morgan fingerprint density at radius 3 is 2.62 bits per heavy atom. The van der Waals surface area contributed by atoms with Crippen LogP contribution in [0.4, 0.5) is 13.2 Å². The van der Waals surface area contributed by atoms with Crippen molar-refractivity contribution < 1.29 is 22.7 Å². The number of rotatable bonds is 3. The van der Waals surface area contributed by atoms with Gasteiger partial charge >= 0.3 is 11.8 Å². The predicted molar refractivity (Wildman–Crippen MR) is 102 cm³/mol. The van der Waals surface area contributed by atoms with Crippen LogP contribution in [0.2, 0.25) is 10.0 Å². The lowest BCUT2D eigenvalue weighted by Crippen LogP contribution is -2.07. The van der Waals surface area contributed by atoms with Crippen molar-refractivity contribution in [3.63, 3.8) is 0 Å². The molecule has 150 valence electrons. The third kappa shape index (κ3) is 3.75. The van der Waals surface area contributed by atoms with Crippen LogP contribution >= 0.6 is 35.0 Å². The van der Waals surface area contributed by atoms with Crippen LogP contribution < -0.4 is 5.63 Å². The van der Waals surface area contributed by atoms with Crippen molar-refractivity contribution in [2.45, 2.75) is 17.1 Å². The smallest absolute Gasteiger partial charge is 0.417 e. The highest BCUT2D eigenvalue weighted by Gasteiger charge is 2.32.